The summed E-state index contributed by atoms with van der Waals surface area (Å²) in [6.07, 6.45) is 2.78. The normalized spacial score (nSPS) is 19.6. The van der Waals surface area contributed by atoms with Crippen LogP contribution < -0.4 is 5.32 Å². The van der Waals surface area contributed by atoms with Gasteiger partial charge in [-0.3, -0.25) is 0 Å². The van der Waals surface area contributed by atoms with Crippen LogP contribution in [0.3, 0.4) is 0 Å². The van der Waals surface area contributed by atoms with E-state index in [9.17, 15) is 0 Å². The lowest BCUT2D eigenvalue weighted by molar-refractivity contribution is 0.185. The van der Waals surface area contributed by atoms with Gasteiger partial charge in [-0.05, 0) is 18.4 Å². The lowest BCUT2D eigenvalue weighted by Crippen LogP contribution is -2.23. The van der Waals surface area contributed by atoms with Crippen molar-refractivity contribution < 1.29 is 4.74 Å². The minimum atomic E-state index is 0.512. The number of rotatable bonds is 4. The van der Waals surface area contributed by atoms with Crippen molar-refractivity contribution in [3.8, 4) is 6.07 Å². The van der Waals surface area contributed by atoms with Crippen molar-refractivity contribution in [2.45, 2.75) is 13.0 Å². The van der Waals surface area contributed by atoms with E-state index in [-0.39, 0.29) is 0 Å². The predicted molar refractivity (Wildman–Crippen MR) is 59.6 cm³/mol. The quantitative estimate of drug-likeness (QED) is 0.820. The maximum absolute atomic E-state index is 8.87. The van der Waals surface area contributed by atoms with E-state index in [0.717, 1.165) is 31.7 Å². The van der Waals surface area contributed by atoms with Crippen LogP contribution in [0.1, 0.15) is 17.7 Å². The van der Waals surface area contributed by atoms with Crippen molar-refractivity contribution in [2.75, 3.05) is 19.8 Å². The van der Waals surface area contributed by atoms with E-state index in [1.165, 1.54) is 0 Å². The van der Waals surface area contributed by atoms with Crippen LogP contribution in [0.15, 0.2) is 18.3 Å². The Bertz CT molecular complexity index is 380. The third-order valence-electron chi connectivity index (χ3n) is 2.77. The van der Waals surface area contributed by atoms with Gasteiger partial charge in [0, 0.05) is 31.5 Å². The first kappa shape index (κ1) is 11.1. The molecule has 4 nitrogen and oxygen atoms in total. The Hall–Kier alpha value is -1.44. The first-order valence-corrected chi connectivity index (χ1v) is 5.52. The molecule has 0 aliphatic carbocycles. The fourth-order valence-corrected chi connectivity index (χ4v) is 1.84. The molecular formula is C12H15N3O. The largest absolute Gasteiger partial charge is 0.381 e. The van der Waals surface area contributed by atoms with Crippen molar-refractivity contribution in [2.24, 2.45) is 5.92 Å². The van der Waals surface area contributed by atoms with Crippen LogP contribution in [0.4, 0.5) is 0 Å². The van der Waals surface area contributed by atoms with Crippen LogP contribution in [0.25, 0.3) is 0 Å². The molecule has 1 fully saturated rings. The van der Waals surface area contributed by atoms with E-state index in [4.69, 9.17) is 10.00 Å². The third-order valence-corrected chi connectivity index (χ3v) is 2.77. The van der Waals surface area contributed by atoms with Crippen molar-refractivity contribution >= 4 is 0 Å². The van der Waals surface area contributed by atoms with E-state index < -0.39 is 0 Å². The number of hydrogen-bond donors (Lipinski definition) is 1. The van der Waals surface area contributed by atoms with Gasteiger partial charge in [0.2, 0.25) is 0 Å². The summed E-state index contributed by atoms with van der Waals surface area (Å²) in [6, 6.07) is 5.89. The average molecular weight is 217 g/mol. The van der Waals surface area contributed by atoms with E-state index in [0.29, 0.717) is 18.2 Å². The zero-order chi connectivity index (χ0) is 11.2. The van der Waals surface area contributed by atoms with E-state index in [1.807, 2.05) is 12.1 Å². The van der Waals surface area contributed by atoms with Crippen LogP contribution in [0, 0.1) is 17.2 Å². The maximum atomic E-state index is 8.87. The van der Waals surface area contributed by atoms with Gasteiger partial charge in [-0.1, -0.05) is 6.07 Å². The molecule has 1 aromatic heterocycles. The summed E-state index contributed by atoms with van der Waals surface area (Å²) in [4.78, 5) is 4.02. The van der Waals surface area contributed by atoms with Gasteiger partial charge >= 0.3 is 0 Å². The van der Waals surface area contributed by atoms with Gasteiger partial charge in [0.25, 0.3) is 0 Å². The van der Waals surface area contributed by atoms with Gasteiger partial charge < -0.3 is 10.1 Å². The fourth-order valence-electron chi connectivity index (χ4n) is 1.84. The number of pyridine rings is 1. The highest BCUT2D eigenvalue weighted by Crippen LogP contribution is 2.11. The fraction of sp³-hybridized carbons (Fsp3) is 0.500. The molecule has 1 aliphatic heterocycles. The summed E-state index contributed by atoms with van der Waals surface area (Å²) < 4.78 is 5.30. The lowest BCUT2D eigenvalue weighted by atomic mass is 10.1. The van der Waals surface area contributed by atoms with Crippen molar-refractivity contribution in [3.63, 3.8) is 0 Å². The van der Waals surface area contributed by atoms with Crippen LogP contribution in [0.2, 0.25) is 0 Å². The Kier molecular flexibility index (Phi) is 3.86. The van der Waals surface area contributed by atoms with Gasteiger partial charge in [0.1, 0.15) is 11.8 Å². The Morgan fingerprint density at radius 3 is 3.31 bits per heavy atom. The second-order valence-corrected chi connectivity index (χ2v) is 3.98. The smallest absolute Gasteiger partial charge is 0.144 e. The molecule has 0 amide bonds. The molecule has 84 valence electrons. The summed E-state index contributed by atoms with van der Waals surface area (Å²) in [5, 5.41) is 12.2. The molecule has 1 aromatic rings. The maximum Gasteiger partial charge on any atom is 0.144 e. The molecule has 0 aromatic carbocycles. The molecule has 1 unspecified atom stereocenters. The Labute approximate surface area is 95.3 Å². The minimum Gasteiger partial charge on any atom is -0.381 e. The predicted octanol–water partition coefficient (Wildman–Crippen LogP) is 1.08. The summed E-state index contributed by atoms with van der Waals surface area (Å²) in [5.41, 5.74) is 1.47. The topological polar surface area (TPSA) is 57.9 Å². The van der Waals surface area contributed by atoms with E-state index >= 15 is 0 Å². The molecule has 0 radical (unpaired) electrons. The van der Waals surface area contributed by atoms with E-state index in [2.05, 4.69) is 16.4 Å². The van der Waals surface area contributed by atoms with Crippen molar-refractivity contribution in [1.82, 2.24) is 10.3 Å². The molecule has 0 saturated carbocycles. The van der Waals surface area contributed by atoms with Crippen LogP contribution >= 0.6 is 0 Å². The SMILES string of the molecule is N#Cc1ncccc1CNCC1CCOC1. The van der Waals surface area contributed by atoms with Crippen molar-refractivity contribution in [3.05, 3.63) is 29.6 Å². The minimum absolute atomic E-state index is 0.512. The highest BCUT2D eigenvalue weighted by Gasteiger charge is 2.14. The van der Waals surface area contributed by atoms with Crippen LogP contribution in [-0.4, -0.2) is 24.7 Å². The molecule has 1 N–H and O–H groups in total. The van der Waals surface area contributed by atoms with E-state index in [1.54, 1.807) is 6.20 Å². The van der Waals surface area contributed by atoms with Crippen LogP contribution in [0.5, 0.6) is 0 Å². The number of nitrogens with one attached hydrogen (secondary N) is 1. The summed E-state index contributed by atoms with van der Waals surface area (Å²) in [6.45, 7) is 3.38. The number of aromatic nitrogens is 1. The molecule has 1 aliphatic rings. The monoisotopic (exact) mass is 217 g/mol. The van der Waals surface area contributed by atoms with Crippen molar-refractivity contribution in [1.29, 1.82) is 5.26 Å². The molecule has 0 spiro atoms. The first-order chi connectivity index (χ1) is 7.90. The Morgan fingerprint density at radius 2 is 2.56 bits per heavy atom. The first-order valence-electron chi connectivity index (χ1n) is 5.52. The molecule has 2 rings (SSSR count). The number of ether oxygens (including phenoxy) is 1. The third kappa shape index (κ3) is 2.78. The Balaban J connectivity index is 1.82. The molecule has 16 heavy (non-hydrogen) atoms. The lowest BCUT2D eigenvalue weighted by Gasteiger charge is -2.09. The molecule has 0 bridgehead atoms. The highest BCUT2D eigenvalue weighted by molar-refractivity contribution is 5.30. The summed E-state index contributed by atoms with van der Waals surface area (Å²) in [7, 11) is 0. The van der Waals surface area contributed by atoms with Gasteiger partial charge in [-0.2, -0.15) is 5.26 Å². The summed E-state index contributed by atoms with van der Waals surface area (Å²) in [5.74, 6) is 0.613. The highest BCUT2D eigenvalue weighted by atomic mass is 16.5. The number of hydrogen-bond acceptors (Lipinski definition) is 4. The van der Waals surface area contributed by atoms with Gasteiger partial charge in [0.05, 0.1) is 6.61 Å². The number of nitrogens with zero attached hydrogens (tertiary/aromatic N) is 2. The molecule has 2 heterocycles. The van der Waals surface area contributed by atoms with Crippen LogP contribution in [-0.2, 0) is 11.3 Å². The average Bonchev–Trinajstić information content (AvgIpc) is 2.83. The standard InChI is InChI=1S/C12H15N3O/c13-6-12-11(2-1-4-15-12)8-14-7-10-3-5-16-9-10/h1-2,4,10,14H,3,5,7-9H2. The zero-order valence-electron chi connectivity index (χ0n) is 9.15. The molecule has 1 atom stereocenters. The molecular weight excluding hydrogens is 202 g/mol. The second kappa shape index (κ2) is 5.59. The molecule has 4 heteroatoms. The van der Waals surface area contributed by atoms with Gasteiger partial charge in [0.15, 0.2) is 0 Å². The summed E-state index contributed by atoms with van der Waals surface area (Å²) >= 11 is 0. The van der Waals surface area contributed by atoms with Gasteiger partial charge in [-0.15, -0.1) is 0 Å². The van der Waals surface area contributed by atoms with Gasteiger partial charge in [-0.25, -0.2) is 4.98 Å². The second-order valence-electron chi connectivity index (χ2n) is 3.98. The number of nitriles is 1. The zero-order valence-corrected chi connectivity index (χ0v) is 9.15. The Morgan fingerprint density at radius 1 is 1.62 bits per heavy atom. The molecule has 1 saturated heterocycles.